The molecule has 3 heterocycles. The molecule has 1 aliphatic carbocycles. The van der Waals surface area contributed by atoms with Crippen LogP contribution in [0.4, 0.5) is 0 Å². The highest BCUT2D eigenvalue weighted by Gasteiger charge is 2.55. The molecule has 104 valence electrons. The molecule has 1 unspecified atom stereocenters. The Balaban J connectivity index is 1.56. The zero-order valence-corrected chi connectivity index (χ0v) is 11.8. The second-order valence-corrected chi connectivity index (χ2v) is 6.23. The molecule has 0 aromatic carbocycles. The lowest BCUT2D eigenvalue weighted by atomic mass is 9.91. The maximum Gasteiger partial charge on any atom is 0.155 e. The van der Waals surface area contributed by atoms with E-state index in [1.807, 2.05) is 18.3 Å². The Kier molecular flexibility index (Phi) is 2.79. The third-order valence-electron chi connectivity index (χ3n) is 4.60. The maximum atomic E-state index is 5.85. The van der Waals surface area contributed by atoms with Gasteiger partial charge in [0.05, 0.1) is 16.9 Å². The van der Waals surface area contributed by atoms with Crippen molar-refractivity contribution in [1.29, 1.82) is 0 Å². The minimum Gasteiger partial charge on any atom is -0.317 e. The quantitative estimate of drug-likeness (QED) is 0.921. The lowest BCUT2D eigenvalue weighted by molar-refractivity contribution is 0.341. The first-order valence-electron chi connectivity index (χ1n) is 7.02. The van der Waals surface area contributed by atoms with E-state index >= 15 is 0 Å². The molecule has 6 heteroatoms. The van der Waals surface area contributed by atoms with Crippen molar-refractivity contribution in [1.82, 2.24) is 25.3 Å². The fourth-order valence-corrected chi connectivity index (χ4v) is 3.41. The molecule has 5 nitrogen and oxygen atoms in total. The van der Waals surface area contributed by atoms with E-state index in [1.165, 1.54) is 19.3 Å². The Morgan fingerprint density at radius 2 is 2.15 bits per heavy atom. The fourth-order valence-electron chi connectivity index (χ4n) is 3.30. The van der Waals surface area contributed by atoms with E-state index in [1.54, 1.807) is 10.9 Å². The lowest BCUT2D eigenvalue weighted by Crippen LogP contribution is -2.29. The van der Waals surface area contributed by atoms with Crippen LogP contribution in [-0.4, -0.2) is 33.1 Å². The predicted octanol–water partition coefficient (Wildman–Crippen LogP) is 2.17. The van der Waals surface area contributed by atoms with E-state index in [9.17, 15) is 0 Å². The van der Waals surface area contributed by atoms with Crippen LogP contribution < -0.4 is 5.32 Å². The Bertz CT molecular complexity index is 615. The third-order valence-corrected chi connectivity index (χ3v) is 4.83. The first-order chi connectivity index (χ1) is 9.77. The molecule has 2 aromatic heterocycles. The molecule has 2 aromatic rings. The van der Waals surface area contributed by atoms with Gasteiger partial charge in [-0.1, -0.05) is 16.8 Å². The molecule has 0 amide bonds. The van der Waals surface area contributed by atoms with Gasteiger partial charge < -0.3 is 5.32 Å². The van der Waals surface area contributed by atoms with E-state index in [2.05, 4.69) is 20.6 Å². The van der Waals surface area contributed by atoms with Crippen molar-refractivity contribution in [2.45, 2.75) is 25.2 Å². The number of halogens is 1. The lowest BCUT2D eigenvalue weighted by Gasteiger charge is -2.22. The molecule has 0 radical (unpaired) electrons. The summed E-state index contributed by atoms with van der Waals surface area (Å²) in [6.07, 6.45) is 7.40. The van der Waals surface area contributed by atoms with E-state index in [-0.39, 0.29) is 0 Å². The SMILES string of the molecule is Clc1ccc(-n2cc(C3CC34CCNCC4)nn2)nc1. The van der Waals surface area contributed by atoms with Crippen molar-refractivity contribution >= 4 is 11.6 Å². The highest BCUT2D eigenvalue weighted by molar-refractivity contribution is 6.30. The molecule has 2 aliphatic rings. The van der Waals surface area contributed by atoms with Crippen molar-refractivity contribution in [2.24, 2.45) is 5.41 Å². The molecule has 1 atom stereocenters. The Labute approximate surface area is 122 Å². The summed E-state index contributed by atoms with van der Waals surface area (Å²) >= 11 is 5.85. The summed E-state index contributed by atoms with van der Waals surface area (Å²) in [4.78, 5) is 4.26. The average Bonchev–Trinajstić information content (AvgIpc) is 2.96. The van der Waals surface area contributed by atoms with Crippen LogP contribution in [0.5, 0.6) is 0 Å². The van der Waals surface area contributed by atoms with E-state index in [0.29, 0.717) is 16.4 Å². The molecule has 0 bridgehead atoms. The molecule has 1 spiro atoms. The topological polar surface area (TPSA) is 55.6 Å². The number of hydrogen-bond donors (Lipinski definition) is 1. The number of pyridine rings is 1. The number of nitrogens with one attached hydrogen (secondary N) is 1. The summed E-state index contributed by atoms with van der Waals surface area (Å²) in [6, 6.07) is 3.67. The first kappa shape index (κ1) is 12.3. The highest BCUT2D eigenvalue weighted by Crippen LogP contribution is 2.63. The van der Waals surface area contributed by atoms with Crippen molar-refractivity contribution in [3.8, 4) is 5.82 Å². The minimum atomic E-state index is 0.486. The highest BCUT2D eigenvalue weighted by atomic mass is 35.5. The first-order valence-corrected chi connectivity index (χ1v) is 7.40. The number of nitrogens with zero attached hydrogens (tertiary/aromatic N) is 4. The van der Waals surface area contributed by atoms with Gasteiger partial charge in [-0.15, -0.1) is 5.10 Å². The van der Waals surface area contributed by atoms with Gasteiger partial charge in [0.1, 0.15) is 0 Å². The molecule has 1 saturated carbocycles. The van der Waals surface area contributed by atoms with E-state index in [0.717, 1.165) is 24.6 Å². The summed E-state index contributed by atoms with van der Waals surface area (Å²) in [6.45, 7) is 2.26. The van der Waals surface area contributed by atoms with Crippen LogP contribution >= 0.6 is 11.6 Å². The molecule has 1 aliphatic heterocycles. The monoisotopic (exact) mass is 289 g/mol. The normalized spacial score (nSPS) is 23.9. The smallest absolute Gasteiger partial charge is 0.155 e. The Morgan fingerprint density at radius 3 is 2.90 bits per heavy atom. The third kappa shape index (κ3) is 2.01. The van der Waals surface area contributed by atoms with Crippen molar-refractivity contribution < 1.29 is 0 Å². The van der Waals surface area contributed by atoms with Crippen LogP contribution in [0, 0.1) is 5.41 Å². The largest absolute Gasteiger partial charge is 0.317 e. The zero-order chi connectivity index (χ0) is 13.6. The predicted molar refractivity (Wildman–Crippen MR) is 76.1 cm³/mol. The van der Waals surface area contributed by atoms with Crippen molar-refractivity contribution in [3.63, 3.8) is 0 Å². The molecular weight excluding hydrogens is 274 g/mol. The minimum absolute atomic E-state index is 0.486. The summed E-state index contributed by atoms with van der Waals surface area (Å²) in [5.41, 5.74) is 1.59. The van der Waals surface area contributed by atoms with Crippen molar-refractivity contribution in [3.05, 3.63) is 35.2 Å². The zero-order valence-electron chi connectivity index (χ0n) is 11.1. The van der Waals surface area contributed by atoms with Crippen LogP contribution in [0.1, 0.15) is 30.9 Å². The fraction of sp³-hybridized carbons (Fsp3) is 0.500. The standard InChI is InChI=1S/C14H16ClN5/c15-10-1-2-13(17-8-10)20-9-12(18-19-20)11-7-14(11)3-5-16-6-4-14/h1-2,8-9,11,16H,3-7H2. The van der Waals surface area contributed by atoms with Gasteiger partial charge in [0, 0.05) is 12.1 Å². The van der Waals surface area contributed by atoms with E-state index < -0.39 is 0 Å². The summed E-state index contributed by atoms with van der Waals surface area (Å²) < 4.78 is 1.73. The van der Waals surface area contributed by atoms with Gasteiger partial charge in [-0.25, -0.2) is 9.67 Å². The molecule has 4 rings (SSSR count). The van der Waals surface area contributed by atoms with Gasteiger partial charge in [-0.05, 0) is 49.9 Å². The Morgan fingerprint density at radius 1 is 1.30 bits per heavy atom. The molecule has 1 N–H and O–H groups in total. The van der Waals surface area contributed by atoms with Gasteiger partial charge in [-0.3, -0.25) is 0 Å². The number of piperidine rings is 1. The summed E-state index contributed by atoms with van der Waals surface area (Å²) in [5, 5.41) is 12.6. The number of aromatic nitrogens is 4. The second kappa shape index (κ2) is 4.53. The average molecular weight is 290 g/mol. The van der Waals surface area contributed by atoms with Gasteiger partial charge in [0.2, 0.25) is 0 Å². The van der Waals surface area contributed by atoms with Crippen molar-refractivity contribution in [2.75, 3.05) is 13.1 Å². The Hall–Kier alpha value is -1.46. The molecule has 1 saturated heterocycles. The van der Waals surface area contributed by atoms with E-state index in [4.69, 9.17) is 11.6 Å². The van der Waals surface area contributed by atoms with Crippen LogP contribution in [0.15, 0.2) is 24.5 Å². The van der Waals surface area contributed by atoms with Crippen LogP contribution in [-0.2, 0) is 0 Å². The second-order valence-electron chi connectivity index (χ2n) is 5.79. The summed E-state index contributed by atoms with van der Waals surface area (Å²) in [7, 11) is 0. The molecular formula is C14H16ClN5. The van der Waals surface area contributed by atoms with Crippen LogP contribution in [0.25, 0.3) is 5.82 Å². The summed E-state index contributed by atoms with van der Waals surface area (Å²) in [5.74, 6) is 1.33. The van der Waals surface area contributed by atoms with Crippen LogP contribution in [0.3, 0.4) is 0 Å². The maximum absolute atomic E-state index is 5.85. The van der Waals surface area contributed by atoms with Crippen LogP contribution in [0.2, 0.25) is 5.02 Å². The molecule has 2 fully saturated rings. The molecule has 20 heavy (non-hydrogen) atoms. The van der Waals surface area contributed by atoms with Gasteiger partial charge in [0.25, 0.3) is 0 Å². The van der Waals surface area contributed by atoms with Gasteiger partial charge in [0.15, 0.2) is 5.82 Å². The van der Waals surface area contributed by atoms with Gasteiger partial charge in [-0.2, -0.15) is 0 Å². The van der Waals surface area contributed by atoms with Gasteiger partial charge >= 0.3 is 0 Å². The number of hydrogen-bond acceptors (Lipinski definition) is 4. The number of rotatable bonds is 2.